The minimum atomic E-state index is -0.186. The molecule has 24 heavy (non-hydrogen) atoms. The monoisotopic (exact) mass is 330 g/mol. The molecule has 3 rings (SSSR count). The van der Waals surface area contributed by atoms with E-state index < -0.39 is 0 Å². The largest absolute Gasteiger partial charge is 0.342 e. The number of nitrogens with one attached hydrogen (secondary N) is 1. The first-order valence-electron chi connectivity index (χ1n) is 8.84. The standard InChI is InChI=1S/C17H26N6O/c1-4-9-23-13(3)15(10-19-23)17(24)20-12(2)16-21-18-11-22(16)14-7-5-6-8-14/h10-12,14H,4-9H2,1-3H3,(H,20,24). The van der Waals surface area contributed by atoms with Gasteiger partial charge >= 0.3 is 0 Å². The Bertz CT molecular complexity index is 698. The number of hydrogen-bond acceptors (Lipinski definition) is 4. The summed E-state index contributed by atoms with van der Waals surface area (Å²) < 4.78 is 4.01. The molecular weight excluding hydrogens is 304 g/mol. The van der Waals surface area contributed by atoms with Crippen LogP contribution in [-0.2, 0) is 6.54 Å². The van der Waals surface area contributed by atoms with Gasteiger partial charge in [-0.25, -0.2) is 0 Å². The van der Waals surface area contributed by atoms with Gasteiger partial charge in [-0.15, -0.1) is 10.2 Å². The highest BCUT2D eigenvalue weighted by atomic mass is 16.1. The first kappa shape index (κ1) is 16.7. The first-order chi connectivity index (χ1) is 11.6. The molecule has 1 atom stereocenters. The van der Waals surface area contributed by atoms with Crippen molar-refractivity contribution in [3.63, 3.8) is 0 Å². The van der Waals surface area contributed by atoms with Crippen LogP contribution in [0.2, 0.25) is 0 Å². The molecule has 0 aromatic carbocycles. The lowest BCUT2D eigenvalue weighted by atomic mass is 10.2. The molecule has 1 saturated carbocycles. The van der Waals surface area contributed by atoms with Gasteiger partial charge in [-0.05, 0) is 33.1 Å². The third kappa shape index (κ3) is 3.20. The smallest absolute Gasteiger partial charge is 0.255 e. The number of carbonyl (C=O) groups is 1. The van der Waals surface area contributed by atoms with E-state index in [-0.39, 0.29) is 11.9 Å². The number of hydrogen-bond donors (Lipinski definition) is 1. The molecule has 1 aliphatic rings. The Labute approximate surface area is 142 Å². The molecule has 2 heterocycles. The van der Waals surface area contributed by atoms with Gasteiger partial charge in [-0.3, -0.25) is 9.48 Å². The van der Waals surface area contributed by atoms with Crippen LogP contribution in [0.1, 0.15) is 79.9 Å². The molecule has 0 aliphatic heterocycles. The van der Waals surface area contributed by atoms with E-state index in [1.54, 1.807) is 12.5 Å². The number of amides is 1. The van der Waals surface area contributed by atoms with Crippen LogP contribution < -0.4 is 5.32 Å². The summed E-state index contributed by atoms with van der Waals surface area (Å²) in [5.41, 5.74) is 1.53. The predicted molar refractivity (Wildman–Crippen MR) is 90.7 cm³/mol. The Balaban J connectivity index is 1.72. The van der Waals surface area contributed by atoms with Gasteiger partial charge in [0.2, 0.25) is 0 Å². The van der Waals surface area contributed by atoms with E-state index in [2.05, 4.69) is 32.1 Å². The average molecular weight is 330 g/mol. The van der Waals surface area contributed by atoms with Crippen molar-refractivity contribution in [3.05, 3.63) is 29.6 Å². The number of aryl methyl sites for hydroxylation is 1. The van der Waals surface area contributed by atoms with Gasteiger partial charge in [0.15, 0.2) is 5.82 Å². The number of nitrogens with zero attached hydrogens (tertiary/aromatic N) is 5. The predicted octanol–water partition coefficient (Wildman–Crippen LogP) is 2.80. The van der Waals surface area contributed by atoms with Crippen molar-refractivity contribution in [3.8, 4) is 0 Å². The molecule has 2 aromatic rings. The van der Waals surface area contributed by atoms with E-state index >= 15 is 0 Å². The summed E-state index contributed by atoms with van der Waals surface area (Å²) in [6.45, 7) is 6.81. The minimum Gasteiger partial charge on any atom is -0.342 e. The molecule has 1 N–H and O–H groups in total. The Morgan fingerprint density at radius 3 is 2.88 bits per heavy atom. The van der Waals surface area contributed by atoms with Gasteiger partial charge in [0.25, 0.3) is 5.91 Å². The lowest BCUT2D eigenvalue weighted by Crippen LogP contribution is -2.29. The maximum absolute atomic E-state index is 12.6. The maximum Gasteiger partial charge on any atom is 0.255 e. The molecule has 0 spiro atoms. The molecule has 1 fully saturated rings. The van der Waals surface area contributed by atoms with E-state index in [0.717, 1.165) is 37.3 Å². The fraction of sp³-hybridized carbons (Fsp3) is 0.647. The second-order valence-electron chi connectivity index (χ2n) is 6.60. The third-order valence-electron chi connectivity index (χ3n) is 4.84. The van der Waals surface area contributed by atoms with E-state index in [1.165, 1.54) is 12.8 Å². The average Bonchev–Trinajstić information content (AvgIpc) is 3.27. The Hall–Kier alpha value is -2.18. The zero-order valence-electron chi connectivity index (χ0n) is 14.7. The lowest BCUT2D eigenvalue weighted by Gasteiger charge is -2.18. The molecule has 7 nitrogen and oxygen atoms in total. The number of carbonyl (C=O) groups excluding carboxylic acids is 1. The molecule has 1 amide bonds. The molecule has 7 heteroatoms. The number of rotatable bonds is 6. The summed E-state index contributed by atoms with van der Waals surface area (Å²) in [4.78, 5) is 12.6. The summed E-state index contributed by atoms with van der Waals surface area (Å²) in [5, 5.41) is 15.6. The minimum absolute atomic E-state index is 0.108. The molecule has 2 aromatic heterocycles. The summed E-state index contributed by atoms with van der Waals surface area (Å²) in [5.74, 6) is 0.720. The van der Waals surface area contributed by atoms with Gasteiger partial charge in [-0.2, -0.15) is 5.10 Å². The van der Waals surface area contributed by atoms with Gasteiger partial charge in [0.1, 0.15) is 6.33 Å². The van der Waals surface area contributed by atoms with Crippen LogP contribution in [0.3, 0.4) is 0 Å². The SMILES string of the molecule is CCCn1ncc(C(=O)NC(C)c2nncn2C2CCCC2)c1C. The Kier molecular flexibility index (Phi) is 4.97. The molecule has 1 aliphatic carbocycles. The lowest BCUT2D eigenvalue weighted by molar-refractivity contribution is 0.0936. The van der Waals surface area contributed by atoms with E-state index in [9.17, 15) is 4.79 Å². The summed E-state index contributed by atoms with van der Waals surface area (Å²) in [7, 11) is 0. The maximum atomic E-state index is 12.6. The van der Waals surface area contributed by atoms with Crippen molar-refractivity contribution >= 4 is 5.91 Å². The van der Waals surface area contributed by atoms with E-state index in [0.29, 0.717) is 11.6 Å². The van der Waals surface area contributed by atoms with Crippen molar-refractivity contribution in [1.82, 2.24) is 29.9 Å². The van der Waals surface area contributed by atoms with Gasteiger partial charge in [0, 0.05) is 18.3 Å². The molecule has 0 radical (unpaired) electrons. The van der Waals surface area contributed by atoms with Gasteiger partial charge < -0.3 is 9.88 Å². The van der Waals surface area contributed by atoms with E-state index in [1.807, 2.05) is 18.5 Å². The van der Waals surface area contributed by atoms with Crippen molar-refractivity contribution in [2.24, 2.45) is 0 Å². The molecule has 1 unspecified atom stereocenters. The highest BCUT2D eigenvalue weighted by Crippen LogP contribution is 2.31. The quantitative estimate of drug-likeness (QED) is 0.883. The van der Waals surface area contributed by atoms with Crippen molar-refractivity contribution < 1.29 is 4.79 Å². The fourth-order valence-electron chi connectivity index (χ4n) is 3.47. The normalized spacial score (nSPS) is 16.5. The van der Waals surface area contributed by atoms with Crippen LogP contribution in [0.4, 0.5) is 0 Å². The van der Waals surface area contributed by atoms with Crippen molar-refractivity contribution in [1.29, 1.82) is 0 Å². The topological polar surface area (TPSA) is 77.6 Å². The highest BCUT2D eigenvalue weighted by Gasteiger charge is 2.24. The van der Waals surface area contributed by atoms with E-state index in [4.69, 9.17) is 0 Å². The second-order valence-corrected chi connectivity index (χ2v) is 6.60. The molecular formula is C17H26N6O. The third-order valence-corrected chi connectivity index (χ3v) is 4.84. The fourth-order valence-corrected chi connectivity index (χ4v) is 3.47. The van der Waals surface area contributed by atoms with Gasteiger partial charge in [-0.1, -0.05) is 19.8 Å². The molecule has 0 saturated heterocycles. The Morgan fingerprint density at radius 1 is 1.42 bits per heavy atom. The van der Waals surface area contributed by atoms with Crippen LogP contribution in [0.5, 0.6) is 0 Å². The van der Waals surface area contributed by atoms with Crippen molar-refractivity contribution in [2.45, 2.75) is 71.5 Å². The van der Waals surface area contributed by atoms with Crippen LogP contribution >= 0.6 is 0 Å². The van der Waals surface area contributed by atoms with Crippen LogP contribution in [0.25, 0.3) is 0 Å². The summed E-state index contributed by atoms with van der Waals surface area (Å²) >= 11 is 0. The van der Waals surface area contributed by atoms with Crippen LogP contribution in [0, 0.1) is 6.92 Å². The molecule has 0 bridgehead atoms. The zero-order valence-corrected chi connectivity index (χ0v) is 14.7. The summed E-state index contributed by atoms with van der Waals surface area (Å²) in [6.07, 6.45) is 9.25. The van der Waals surface area contributed by atoms with Crippen LogP contribution in [0.15, 0.2) is 12.5 Å². The highest BCUT2D eigenvalue weighted by molar-refractivity contribution is 5.95. The zero-order chi connectivity index (χ0) is 17.1. The Morgan fingerprint density at radius 2 is 2.17 bits per heavy atom. The molecule has 130 valence electrons. The van der Waals surface area contributed by atoms with Crippen LogP contribution in [-0.4, -0.2) is 30.5 Å². The second kappa shape index (κ2) is 7.15. The first-order valence-corrected chi connectivity index (χ1v) is 8.84. The van der Waals surface area contributed by atoms with Gasteiger partial charge in [0.05, 0.1) is 17.8 Å². The van der Waals surface area contributed by atoms with Crippen molar-refractivity contribution in [2.75, 3.05) is 0 Å². The number of aromatic nitrogens is 5. The summed E-state index contributed by atoms with van der Waals surface area (Å²) in [6, 6.07) is 0.276.